The van der Waals surface area contributed by atoms with Crippen LogP contribution in [-0.4, -0.2) is 6.61 Å². The van der Waals surface area contributed by atoms with Crippen LogP contribution in [0.25, 0.3) is 0 Å². The van der Waals surface area contributed by atoms with Crippen LogP contribution in [0.1, 0.15) is 6.92 Å². The van der Waals surface area contributed by atoms with E-state index in [0.29, 0.717) is 6.61 Å². The van der Waals surface area contributed by atoms with Crippen LogP contribution >= 0.6 is 7.26 Å². The van der Waals surface area contributed by atoms with Crippen molar-refractivity contribution >= 4 is 23.2 Å². The maximum Gasteiger partial charge on any atom is 0.138 e. The maximum absolute atomic E-state index is 12.5. The van der Waals surface area contributed by atoms with Crippen molar-refractivity contribution < 1.29 is 9.84 Å². The Bertz CT molecular complexity index is 718. The Labute approximate surface area is 149 Å². The Morgan fingerprint density at radius 1 is 0.760 bits per heavy atom. The first-order valence-electron chi connectivity index (χ1n) is 8.35. The number of benzene rings is 3. The third-order valence-corrected chi connectivity index (χ3v) is 8.01. The zero-order chi connectivity index (χ0) is 17.5. The Kier molecular flexibility index (Phi) is 5.53. The molecule has 0 aliphatic rings. The summed E-state index contributed by atoms with van der Waals surface area (Å²) in [6.07, 6.45) is 0. The molecule has 0 atom stereocenters. The van der Waals surface area contributed by atoms with Gasteiger partial charge in [-0.25, -0.2) is 0 Å². The van der Waals surface area contributed by atoms with E-state index in [-0.39, 0.29) is 5.95 Å². The van der Waals surface area contributed by atoms with Crippen LogP contribution in [-0.2, 0) is 4.74 Å². The number of hydrogen-bond acceptors (Lipinski definition) is 2. The molecule has 0 amide bonds. The summed E-state index contributed by atoms with van der Waals surface area (Å²) < 4.78 is 5.30. The summed E-state index contributed by atoms with van der Waals surface area (Å²) in [7, 11) is -2.24. The van der Waals surface area contributed by atoms with Gasteiger partial charge in [0, 0.05) is 0 Å². The molecule has 3 heteroatoms. The quantitative estimate of drug-likeness (QED) is 0.506. The van der Waals surface area contributed by atoms with Gasteiger partial charge >= 0.3 is 0 Å². The minimum absolute atomic E-state index is 0.271. The van der Waals surface area contributed by atoms with Crippen molar-refractivity contribution in [3.8, 4) is 0 Å². The molecule has 3 aromatic rings. The van der Waals surface area contributed by atoms with Gasteiger partial charge in [0.2, 0.25) is 0 Å². The van der Waals surface area contributed by atoms with Gasteiger partial charge in [-0.15, -0.1) is 0 Å². The third kappa shape index (κ3) is 3.60. The second-order valence-corrected chi connectivity index (χ2v) is 8.86. The van der Waals surface area contributed by atoms with Crippen LogP contribution in [0.3, 0.4) is 0 Å². The van der Waals surface area contributed by atoms with E-state index in [0.717, 1.165) is 15.9 Å². The van der Waals surface area contributed by atoms with Crippen LogP contribution in [0.4, 0.5) is 0 Å². The summed E-state index contributed by atoms with van der Waals surface area (Å²) in [6, 6.07) is 30.7. The zero-order valence-electron chi connectivity index (χ0n) is 14.2. The highest BCUT2D eigenvalue weighted by Crippen LogP contribution is 2.57. The van der Waals surface area contributed by atoms with Crippen molar-refractivity contribution in [2.24, 2.45) is 0 Å². The first kappa shape index (κ1) is 17.3. The normalized spacial score (nSPS) is 12.0. The lowest BCUT2D eigenvalue weighted by molar-refractivity contribution is -0.356. The van der Waals surface area contributed by atoms with Gasteiger partial charge in [-0.2, -0.15) is 0 Å². The largest absolute Gasteiger partial charge is 0.611 e. The minimum atomic E-state index is -2.24. The Morgan fingerprint density at radius 3 is 1.44 bits per heavy atom. The van der Waals surface area contributed by atoms with Crippen molar-refractivity contribution in [2.75, 3.05) is 6.61 Å². The smallest absolute Gasteiger partial charge is 0.138 e. The van der Waals surface area contributed by atoms with Gasteiger partial charge in [0.1, 0.15) is 23.2 Å². The van der Waals surface area contributed by atoms with E-state index in [1.54, 1.807) is 5.82 Å². The zero-order valence-corrected chi connectivity index (χ0v) is 15.1. The molecule has 0 N–H and O–H groups in total. The van der Waals surface area contributed by atoms with Gasteiger partial charge in [-0.1, -0.05) is 61.5 Å². The average Bonchev–Trinajstić information content (AvgIpc) is 2.68. The van der Waals surface area contributed by atoms with E-state index in [1.165, 1.54) is 0 Å². The summed E-state index contributed by atoms with van der Waals surface area (Å²) in [5.74, 6) is 1.53. The predicted octanol–water partition coefficient (Wildman–Crippen LogP) is 3.18. The highest BCUT2D eigenvalue weighted by molar-refractivity contribution is 7.98. The van der Waals surface area contributed by atoms with Crippen LogP contribution in [0.5, 0.6) is 0 Å². The van der Waals surface area contributed by atoms with Crippen molar-refractivity contribution in [3.63, 3.8) is 0 Å². The standard InChI is InChI=1S/C22H21O2P/c1-2-24-22(23)18-25(19-12-6-3-7-13-19,20-14-8-4-9-15-20)21-16-10-5-11-17-21/h3-18H,2H2,1H3/b22-18-. The lowest BCUT2D eigenvalue weighted by Crippen LogP contribution is -2.30. The molecule has 0 fully saturated rings. The second kappa shape index (κ2) is 8.00. The fraction of sp³-hybridized carbons (Fsp3) is 0.0909. The van der Waals surface area contributed by atoms with Crippen molar-refractivity contribution in [1.29, 1.82) is 0 Å². The molecule has 3 rings (SSSR count). The molecule has 2 nitrogen and oxygen atoms in total. The van der Waals surface area contributed by atoms with Crippen LogP contribution in [0.15, 0.2) is 103 Å². The van der Waals surface area contributed by atoms with Gasteiger partial charge in [-0.05, 0) is 43.0 Å². The van der Waals surface area contributed by atoms with E-state index in [2.05, 4.69) is 36.4 Å². The summed E-state index contributed by atoms with van der Waals surface area (Å²) in [4.78, 5) is 0. The lowest BCUT2D eigenvalue weighted by Gasteiger charge is -2.26. The molecule has 0 saturated heterocycles. The lowest BCUT2D eigenvalue weighted by atomic mass is 10.4. The number of hydrogen-bond donors (Lipinski definition) is 0. The van der Waals surface area contributed by atoms with E-state index in [4.69, 9.17) is 4.74 Å². The molecule has 0 unspecified atom stereocenters. The van der Waals surface area contributed by atoms with Crippen molar-refractivity contribution in [2.45, 2.75) is 6.92 Å². The molecule has 0 aliphatic heterocycles. The van der Waals surface area contributed by atoms with E-state index in [9.17, 15) is 5.11 Å². The molecule has 126 valence electrons. The second-order valence-electron chi connectivity index (χ2n) is 5.61. The molecule has 0 saturated carbocycles. The Morgan fingerprint density at radius 2 is 1.12 bits per heavy atom. The van der Waals surface area contributed by atoms with Gasteiger partial charge < -0.3 is 9.84 Å². The molecule has 25 heavy (non-hydrogen) atoms. The molecular formula is C22H21O2P. The van der Waals surface area contributed by atoms with E-state index >= 15 is 0 Å². The minimum Gasteiger partial charge on any atom is -0.611 e. The fourth-order valence-corrected chi connectivity index (χ4v) is 6.66. The molecule has 0 aromatic heterocycles. The predicted molar refractivity (Wildman–Crippen MR) is 105 cm³/mol. The molecule has 0 spiro atoms. The molecule has 0 heterocycles. The Hall–Kier alpha value is -2.57. The van der Waals surface area contributed by atoms with Crippen LogP contribution in [0, 0.1) is 0 Å². The Balaban J connectivity index is 2.34. The van der Waals surface area contributed by atoms with E-state index < -0.39 is 7.26 Å². The number of rotatable bonds is 6. The van der Waals surface area contributed by atoms with Gasteiger partial charge in [0.15, 0.2) is 0 Å². The summed E-state index contributed by atoms with van der Waals surface area (Å²) in [5, 5.41) is 15.9. The van der Waals surface area contributed by atoms with Crippen LogP contribution < -0.4 is 21.0 Å². The summed E-state index contributed by atoms with van der Waals surface area (Å²) >= 11 is 0. The topological polar surface area (TPSA) is 32.3 Å². The third-order valence-electron chi connectivity index (χ3n) is 4.08. The summed E-state index contributed by atoms with van der Waals surface area (Å²) in [6.45, 7) is 2.20. The first-order chi connectivity index (χ1) is 12.3. The highest BCUT2D eigenvalue weighted by atomic mass is 31.2. The monoisotopic (exact) mass is 348 g/mol. The van der Waals surface area contributed by atoms with Crippen molar-refractivity contribution in [1.82, 2.24) is 0 Å². The summed E-state index contributed by atoms with van der Waals surface area (Å²) in [5.41, 5.74) is 0. The SMILES string of the molecule is CCO/C([O-])=C\[P+](c1ccccc1)(c1ccccc1)c1ccccc1. The maximum atomic E-state index is 12.5. The van der Waals surface area contributed by atoms with Gasteiger partial charge in [-0.3, -0.25) is 0 Å². The highest BCUT2D eigenvalue weighted by Gasteiger charge is 2.43. The molecule has 0 radical (unpaired) electrons. The molecular weight excluding hydrogens is 327 g/mol. The van der Waals surface area contributed by atoms with Gasteiger partial charge in [0.05, 0.1) is 11.8 Å². The van der Waals surface area contributed by atoms with Crippen LogP contribution in [0.2, 0.25) is 0 Å². The molecule has 3 aromatic carbocycles. The first-order valence-corrected chi connectivity index (χ1v) is 10.2. The molecule has 0 aliphatic carbocycles. The fourth-order valence-electron chi connectivity index (χ4n) is 3.00. The average molecular weight is 348 g/mol. The number of ether oxygens (including phenoxy) is 1. The van der Waals surface area contributed by atoms with Crippen molar-refractivity contribution in [3.05, 3.63) is 103 Å². The molecule has 0 bridgehead atoms. The van der Waals surface area contributed by atoms with Gasteiger partial charge in [0.25, 0.3) is 0 Å². The van der Waals surface area contributed by atoms with E-state index in [1.807, 2.05) is 61.5 Å².